The molecule has 0 amide bonds. The molecule has 0 aromatic carbocycles. The van der Waals surface area contributed by atoms with Crippen LogP contribution in [0.3, 0.4) is 0 Å². The molecule has 0 saturated carbocycles. The molecule has 1 rings (SSSR count). The molecular formula is C8H6I3NO4. The van der Waals surface area contributed by atoms with E-state index in [2.05, 4.69) is 0 Å². The monoisotopic (exact) mass is 561 g/mol. The maximum atomic E-state index is 11.1. The lowest BCUT2D eigenvalue weighted by atomic mass is 9.96. The summed E-state index contributed by atoms with van der Waals surface area (Å²) in [6.07, 6.45) is 1.39. The number of hydrogen-bond donors (Lipinski definition) is 3. The third-order valence-corrected chi connectivity index (χ3v) is 6.88. The van der Waals surface area contributed by atoms with Crippen LogP contribution < -0.4 is 5.73 Å². The van der Waals surface area contributed by atoms with Crippen LogP contribution in [0.2, 0.25) is 0 Å². The highest BCUT2D eigenvalue weighted by atomic mass is 127. The van der Waals surface area contributed by atoms with E-state index in [1.165, 1.54) is 6.08 Å². The zero-order valence-electron chi connectivity index (χ0n) is 7.58. The maximum absolute atomic E-state index is 11.1. The molecule has 1 aliphatic carbocycles. The molecule has 2 atom stereocenters. The van der Waals surface area contributed by atoms with E-state index >= 15 is 0 Å². The second kappa shape index (κ2) is 5.06. The first-order valence-electron chi connectivity index (χ1n) is 3.90. The van der Waals surface area contributed by atoms with Crippen LogP contribution in [0.4, 0.5) is 0 Å². The lowest BCUT2D eigenvalue weighted by Gasteiger charge is -2.31. The molecule has 4 N–H and O–H groups in total. The van der Waals surface area contributed by atoms with Crippen molar-refractivity contribution in [1.82, 2.24) is 0 Å². The summed E-state index contributed by atoms with van der Waals surface area (Å²) in [4.78, 5) is 22.1. The molecule has 2 unspecified atom stereocenters. The van der Waals surface area contributed by atoms with Gasteiger partial charge in [-0.1, -0.05) is 45.2 Å². The smallest absolute Gasteiger partial charge is 0.336 e. The number of carboxylic acid groups (broad SMARTS) is 2. The van der Waals surface area contributed by atoms with Crippen LogP contribution in [0, 0.1) is 0 Å². The molecule has 0 aromatic rings. The number of carbonyl (C=O) groups is 2. The lowest BCUT2D eigenvalue weighted by molar-refractivity contribution is -0.132. The minimum Gasteiger partial charge on any atom is -0.478 e. The predicted octanol–water partition coefficient (Wildman–Crippen LogP) is 1.68. The van der Waals surface area contributed by atoms with Gasteiger partial charge in [0.05, 0.1) is 15.1 Å². The van der Waals surface area contributed by atoms with Crippen LogP contribution in [0.5, 0.6) is 0 Å². The molecule has 0 aromatic heterocycles. The van der Waals surface area contributed by atoms with Gasteiger partial charge in [-0.15, -0.1) is 0 Å². The van der Waals surface area contributed by atoms with Gasteiger partial charge in [0.1, 0.15) is 3.55 Å². The van der Waals surface area contributed by atoms with Gasteiger partial charge in [0.2, 0.25) is 0 Å². The highest BCUT2D eigenvalue weighted by Gasteiger charge is 2.41. The van der Waals surface area contributed by atoms with E-state index in [0.29, 0.717) is 0 Å². The van der Waals surface area contributed by atoms with E-state index in [1.807, 2.05) is 45.2 Å². The first-order chi connectivity index (χ1) is 7.18. The van der Waals surface area contributed by atoms with Crippen molar-refractivity contribution in [3.8, 4) is 0 Å². The van der Waals surface area contributed by atoms with Gasteiger partial charge >= 0.3 is 11.9 Å². The van der Waals surface area contributed by atoms with Crippen LogP contribution >= 0.6 is 67.8 Å². The molecule has 0 bridgehead atoms. The Morgan fingerprint density at radius 3 is 2.25 bits per heavy atom. The summed E-state index contributed by atoms with van der Waals surface area (Å²) in [6.45, 7) is 0. The average molecular weight is 561 g/mol. The molecule has 5 nitrogen and oxygen atoms in total. The molecule has 0 radical (unpaired) electrons. The fourth-order valence-electron chi connectivity index (χ4n) is 1.19. The largest absolute Gasteiger partial charge is 0.478 e. The van der Waals surface area contributed by atoms with Crippen LogP contribution in [0.1, 0.15) is 0 Å². The number of nitrogens with two attached hydrogens (primary N) is 1. The zero-order chi connectivity index (χ0) is 12.7. The normalized spacial score (nSPS) is 30.0. The topological polar surface area (TPSA) is 101 Å². The van der Waals surface area contributed by atoms with Crippen LogP contribution in [-0.4, -0.2) is 29.6 Å². The Morgan fingerprint density at radius 2 is 1.88 bits per heavy atom. The van der Waals surface area contributed by atoms with Crippen molar-refractivity contribution < 1.29 is 19.8 Å². The Labute approximate surface area is 132 Å². The van der Waals surface area contributed by atoms with E-state index in [0.717, 1.165) is 0 Å². The van der Waals surface area contributed by atoms with Crippen molar-refractivity contribution in [2.75, 3.05) is 0 Å². The molecule has 8 heteroatoms. The highest BCUT2D eigenvalue weighted by molar-refractivity contribution is 14.1. The van der Waals surface area contributed by atoms with E-state index in [4.69, 9.17) is 15.9 Å². The third-order valence-electron chi connectivity index (χ3n) is 1.94. The molecule has 16 heavy (non-hydrogen) atoms. The van der Waals surface area contributed by atoms with Gasteiger partial charge in [-0.3, -0.25) is 0 Å². The number of aliphatic carboxylic acids is 2. The molecule has 0 heterocycles. The molecule has 88 valence electrons. The summed E-state index contributed by atoms with van der Waals surface area (Å²) >= 11 is 5.49. The molecule has 0 fully saturated rings. The summed E-state index contributed by atoms with van der Waals surface area (Å²) in [5.74, 6) is -2.31. The van der Waals surface area contributed by atoms with Gasteiger partial charge in [-0.2, -0.15) is 0 Å². The summed E-state index contributed by atoms with van der Waals surface area (Å²) < 4.78 is -1.25. The van der Waals surface area contributed by atoms with Crippen molar-refractivity contribution in [3.63, 3.8) is 0 Å². The van der Waals surface area contributed by atoms with Crippen molar-refractivity contribution in [3.05, 3.63) is 20.8 Å². The Balaban J connectivity index is 3.44. The fraction of sp³-hybridized carbons (Fsp3) is 0.250. The van der Waals surface area contributed by atoms with Crippen LogP contribution in [0.15, 0.2) is 20.8 Å². The second-order valence-corrected chi connectivity index (χ2v) is 7.28. The van der Waals surface area contributed by atoms with Crippen molar-refractivity contribution in [2.45, 2.75) is 7.47 Å². The number of rotatable bonds is 2. The van der Waals surface area contributed by atoms with Crippen molar-refractivity contribution in [1.29, 1.82) is 0 Å². The van der Waals surface area contributed by atoms with Crippen molar-refractivity contribution in [2.24, 2.45) is 5.73 Å². The summed E-state index contributed by atoms with van der Waals surface area (Å²) in [5.41, 5.74) is 5.87. The molecule has 0 spiro atoms. The van der Waals surface area contributed by atoms with E-state index < -0.39 is 19.4 Å². The summed E-state index contributed by atoms with van der Waals surface area (Å²) in [7, 11) is 0. The number of carboxylic acids is 2. The standard InChI is InChI=1S/C8H6I3NO4/c9-4-2(6(13)14)1-8(11,12)5(10)3(4)7(15)16/h1,5H,12H2,(H,13,14)(H,15,16). The van der Waals surface area contributed by atoms with Crippen molar-refractivity contribution >= 4 is 79.7 Å². The summed E-state index contributed by atoms with van der Waals surface area (Å²) in [5, 5.41) is 18.0. The minimum atomic E-state index is -1.17. The third kappa shape index (κ3) is 2.69. The van der Waals surface area contributed by atoms with Gasteiger partial charge in [-0.25, -0.2) is 9.59 Å². The maximum Gasteiger partial charge on any atom is 0.336 e. The number of hydrogen-bond acceptors (Lipinski definition) is 3. The van der Waals surface area contributed by atoms with Gasteiger partial charge in [0.15, 0.2) is 0 Å². The van der Waals surface area contributed by atoms with Gasteiger partial charge in [0.25, 0.3) is 0 Å². The lowest BCUT2D eigenvalue weighted by Crippen LogP contribution is -2.45. The van der Waals surface area contributed by atoms with E-state index in [-0.39, 0.29) is 14.7 Å². The zero-order valence-corrected chi connectivity index (χ0v) is 14.0. The summed E-state index contributed by atoms with van der Waals surface area (Å²) in [6, 6.07) is 0. The Hall–Kier alpha value is 0.570. The molecule has 0 saturated heterocycles. The number of alkyl halides is 2. The van der Waals surface area contributed by atoms with Crippen LogP contribution in [-0.2, 0) is 9.59 Å². The second-order valence-electron chi connectivity index (χ2n) is 3.09. The first kappa shape index (κ1) is 14.6. The highest BCUT2D eigenvalue weighted by Crippen LogP contribution is 2.41. The molecule has 1 aliphatic rings. The Kier molecular flexibility index (Phi) is 4.62. The first-order valence-corrected chi connectivity index (χ1v) is 7.30. The Morgan fingerprint density at radius 1 is 1.38 bits per heavy atom. The van der Waals surface area contributed by atoms with E-state index in [1.54, 1.807) is 22.6 Å². The average Bonchev–Trinajstić information content (AvgIpc) is 2.11. The SMILES string of the molecule is NC1(I)C=C(C(=O)O)C(I)=C(C(=O)O)C1I. The van der Waals surface area contributed by atoms with Gasteiger partial charge in [0, 0.05) is 3.58 Å². The fourth-order valence-corrected chi connectivity index (χ4v) is 4.10. The van der Waals surface area contributed by atoms with Crippen LogP contribution in [0.25, 0.3) is 0 Å². The predicted molar refractivity (Wildman–Crippen MR) is 83.1 cm³/mol. The Bertz CT molecular complexity index is 427. The molecule has 0 aliphatic heterocycles. The van der Waals surface area contributed by atoms with E-state index in [9.17, 15) is 9.59 Å². The minimum absolute atomic E-state index is 0.0398. The van der Waals surface area contributed by atoms with Gasteiger partial charge < -0.3 is 15.9 Å². The number of halogens is 3. The van der Waals surface area contributed by atoms with Gasteiger partial charge in [-0.05, 0) is 28.7 Å². The quantitative estimate of drug-likeness (QED) is 0.271. The molecular weight excluding hydrogens is 555 g/mol.